The lowest BCUT2D eigenvalue weighted by molar-refractivity contribution is -0.140. The molecule has 0 spiro atoms. The van der Waals surface area contributed by atoms with E-state index in [1.54, 1.807) is 0 Å². The van der Waals surface area contributed by atoms with E-state index in [9.17, 15) is 27.2 Å². The number of anilines is 2. The summed E-state index contributed by atoms with van der Waals surface area (Å²) in [6, 6.07) is 6.87. The number of aromatic nitrogens is 2. The summed E-state index contributed by atoms with van der Waals surface area (Å²) in [6.45, 7) is 1.33. The lowest BCUT2D eigenvalue weighted by Crippen LogP contribution is -2.41. The van der Waals surface area contributed by atoms with E-state index >= 15 is 0 Å². The molecule has 1 saturated carbocycles. The molecule has 184 valence electrons. The van der Waals surface area contributed by atoms with Crippen LogP contribution in [0.4, 0.5) is 29.1 Å². The smallest absolute Gasteiger partial charge is 0.382 e. The Balaban J connectivity index is 1.50. The van der Waals surface area contributed by atoms with Crippen molar-refractivity contribution in [1.29, 1.82) is 0 Å². The van der Waals surface area contributed by atoms with Crippen LogP contribution < -0.4 is 16.0 Å². The van der Waals surface area contributed by atoms with Gasteiger partial charge in [0.2, 0.25) is 5.91 Å². The second-order valence-corrected chi connectivity index (χ2v) is 8.50. The van der Waals surface area contributed by atoms with Gasteiger partial charge in [0.1, 0.15) is 17.3 Å². The van der Waals surface area contributed by atoms with Crippen LogP contribution in [0, 0.1) is 5.82 Å². The summed E-state index contributed by atoms with van der Waals surface area (Å²) < 4.78 is 54.0. The van der Waals surface area contributed by atoms with Gasteiger partial charge in [0.05, 0.1) is 5.52 Å². The van der Waals surface area contributed by atoms with Gasteiger partial charge in [-0.3, -0.25) is 9.59 Å². The van der Waals surface area contributed by atoms with Gasteiger partial charge in [-0.1, -0.05) is 0 Å². The standard InChI is InChI=1S/C24H23F4N5O2/c1-13(34)30-22-9-14(7-8-29-22)23(35)32-17-4-2-3-16(11-17)31-20-12-21(24(26,27)28)33-19-6-5-15(25)10-18(19)20/h5-10,12,16-17H,2-4,11H2,1H3,(H,31,33)(H,32,35)(H,29,30,34)/t16-,17+/m0/s1. The van der Waals surface area contributed by atoms with Crippen molar-refractivity contribution >= 4 is 34.2 Å². The molecule has 4 rings (SSSR count). The zero-order valence-electron chi connectivity index (χ0n) is 18.7. The van der Waals surface area contributed by atoms with E-state index in [1.807, 2.05) is 0 Å². The highest BCUT2D eigenvalue weighted by Crippen LogP contribution is 2.34. The summed E-state index contributed by atoms with van der Waals surface area (Å²) in [6.07, 6.45) is -0.655. The molecule has 1 fully saturated rings. The molecule has 1 aliphatic carbocycles. The maximum atomic E-state index is 13.8. The van der Waals surface area contributed by atoms with Crippen LogP contribution in [-0.2, 0) is 11.0 Å². The van der Waals surface area contributed by atoms with Crippen LogP contribution in [0.3, 0.4) is 0 Å². The lowest BCUT2D eigenvalue weighted by atomic mass is 9.90. The van der Waals surface area contributed by atoms with Gasteiger partial charge in [0.25, 0.3) is 5.91 Å². The van der Waals surface area contributed by atoms with Gasteiger partial charge in [0.15, 0.2) is 0 Å². The average Bonchev–Trinajstić information content (AvgIpc) is 2.78. The van der Waals surface area contributed by atoms with Gasteiger partial charge >= 0.3 is 6.18 Å². The minimum atomic E-state index is -4.65. The minimum absolute atomic E-state index is 0.0389. The highest BCUT2D eigenvalue weighted by atomic mass is 19.4. The summed E-state index contributed by atoms with van der Waals surface area (Å²) in [5.41, 5.74) is -0.554. The number of rotatable bonds is 5. The van der Waals surface area contributed by atoms with Gasteiger partial charge in [-0.05, 0) is 62.1 Å². The minimum Gasteiger partial charge on any atom is -0.382 e. The number of hydrogen-bond donors (Lipinski definition) is 3. The molecule has 1 aromatic carbocycles. The number of nitrogens with one attached hydrogen (secondary N) is 3. The number of hydrogen-bond acceptors (Lipinski definition) is 5. The van der Waals surface area contributed by atoms with Crippen molar-refractivity contribution in [3.63, 3.8) is 0 Å². The summed E-state index contributed by atoms with van der Waals surface area (Å²) in [4.78, 5) is 31.6. The Morgan fingerprint density at radius 2 is 1.83 bits per heavy atom. The first-order valence-electron chi connectivity index (χ1n) is 11.1. The molecule has 0 unspecified atom stereocenters. The average molecular weight is 489 g/mol. The maximum absolute atomic E-state index is 13.8. The van der Waals surface area contributed by atoms with Crippen molar-refractivity contribution in [2.75, 3.05) is 10.6 Å². The predicted molar refractivity (Wildman–Crippen MR) is 122 cm³/mol. The van der Waals surface area contributed by atoms with Crippen LogP contribution in [0.1, 0.15) is 48.7 Å². The number of nitrogens with zero attached hydrogens (tertiary/aromatic N) is 2. The number of pyridine rings is 2. The van der Waals surface area contributed by atoms with E-state index in [0.717, 1.165) is 24.6 Å². The van der Waals surface area contributed by atoms with Crippen molar-refractivity contribution in [2.24, 2.45) is 0 Å². The third-order valence-electron chi connectivity index (χ3n) is 5.76. The van der Waals surface area contributed by atoms with Crippen molar-refractivity contribution in [2.45, 2.75) is 50.9 Å². The van der Waals surface area contributed by atoms with Crippen molar-refractivity contribution in [3.8, 4) is 0 Å². The van der Waals surface area contributed by atoms with Crippen LogP contribution >= 0.6 is 0 Å². The molecule has 0 aliphatic heterocycles. The number of amides is 2. The van der Waals surface area contributed by atoms with Gasteiger partial charge < -0.3 is 16.0 Å². The molecule has 1 aliphatic rings. The molecule has 0 bridgehead atoms. The normalized spacial score (nSPS) is 18.2. The Hall–Kier alpha value is -3.76. The third kappa shape index (κ3) is 6.03. The SMILES string of the molecule is CC(=O)Nc1cc(C(=O)N[C@@H]2CCC[C@H](Nc3cc(C(F)(F)F)nc4ccc(F)cc34)C2)ccn1. The highest BCUT2D eigenvalue weighted by Gasteiger charge is 2.34. The molecule has 0 saturated heterocycles. The molecule has 2 amide bonds. The number of carbonyl (C=O) groups excluding carboxylic acids is 2. The van der Waals surface area contributed by atoms with Gasteiger partial charge in [0, 0.05) is 41.8 Å². The van der Waals surface area contributed by atoms with Crippen LogP contribution in [0.2, 0.25) is 0 Å². The number of carbonyl (C=O) groups is 2. The first-order chi connectivity index (χ1) is 16.6. The molecule has 2 heterocycles. The summed E-state index contributed by atoms with van der Waals surface area (Å²) in [7, 11) is 0. The van der Waals surface area contributed by atoms with E-state index in [4.69, 9.17) is 0 Å². The molecule has 3 aromatic rings. The Bertz CT molecular complexity index is 1260. The van der Waals surface area contributed by atoms with Gasteiger partial charge in [-0.15, -0.1) is 0 Å². The van der Waals surface area contributed by atoms with Crippen LogP contribution in [-0.4, -0.2) is 33.9 Å². The quantitative estimate of drug-likeness (QED) is 0.443. The van der Waals surface area contributed by atoms with Gasteiger partial charge in [-0.2, -0.15) is 13.2 Å². The van der Waals surface area contributed by atoms with Gasteiger partial charge in [-0.25, -0.2) is 14.4 Å². The summed E-state index contributed by atoms with van der Waals surface area (Å²) in [5.74, 6) is -0.980. The van der Waals surface area contributed by atoms with E-state index in [-0.39, 0.29) is 46.3 Å². The molecule has 35 heavy (non-hydrogen) atoms. The first kappa shape index (κ1) is 24.4. The fraction of sp³-hybridized carbons (Fsp3) is 0.333. The number of alkyl halides is 3. The van der Waals surface area contributed by atoms with E-state index in [1.165, 1.54) is 31.3 Å². The number of fused-ring (bicyclic) bond motifs is 1. The summed E-state index contributed by atoms with van der Waals surface area (Å²) in [5, 5.41) is 8.84. The Labute approximate surface area is 198 Å². The zero-order chi connectivity index (χ0) is 25.2. The second kappa shape index (κ2) is 9.85. The molecule has 0 radical (unpaired) electrons. The predicted octanol–water partition coefficient (Wildman–Crippen LogP) is 4.90. The molecule has 11 heteroatoms. The molecule has 2 atom stereocenters. The zero-order valence-corrected chi connectivity index (χ0v) is 18.7. The highest BCUT2D eigenvalue weighted by molar-refractivity contribution is 5.96. The lowest BCUT2D eigenvalue weighted by Gasteiger charge is -2.31. The third-order valence-corrected chi connectivity index (χ3v) is 5.76. The number of halogens is 4. The molecule has 2 aromatic heterocycles. The topological polar surface area (TPSA) is 96.0 Å². The molecule has 3 N–H and O–H groups in total. The van der Waals surface area contributed by atoms with Crippen molar-refractivity contribution < 1.29 is 27.2 Å². The van der Waals surface area contributed by atoms with Crippen LogP contribution in [0.25, 0.3) is 10.9 Å². The van der Waals surface area contributed by atoms with E-state index in [2.05, 4.69) is 25.9 Å². The van der Waals surface area contributed by atoms with Crippen LogP contribution in [0.15, 0.2) is 42.6 Å². The molecular formula is C24H23F4N5O2. The fourth-order valence-electron chi connectivity index (χ4n) is 4.22. The Morgan fingerprint density at radius 3 is 2.57 bits per heavy atom. The first-order valence-corrected chi connectivity index (χ1v) is 11.1. The molecule has 7 nitrogen and oxygen atoms in total. The van der Waals surface area contributed by atoms with Crippen molar-refractivity contribution in [3.05, 3.63) is 59.7 Å². The van der Waals surface area contributed by atoms with Crippen molar-refractivity contribution in [1.82, 2.24) is 15.3 Å². The summed E-state index contributed by atoms with van der Waals surface area (Å²) >= 11 is 0. The largest absolute Gasteiger partial charge is 0.433 e. The monoisotopic (exact) mass is 489 g/mol. The van der Waals surface area contributed by atoms with E-state index < -0.39 is 17.7 Å². The number of benzene rings is 1. The fourth-order valence-corrected chi connectivity index (χ4v) is 4.22. The second-order valence-electron chi connectivity index (χ2n) is 8.50. The van der Waals surface area contributed by atoms with Crippen LogP contribution in [0.5, 0.6) is 0 Å². The van der Waals surface area contributed by atoms with E-state index in [0.29, 0.717) is 24.8 Å². The Morgan fingerprint density at radius 1 is 1.06 bits per heavy atom. The Kier molecular flexibility index (Phi) is 6.86. The molecular weight excluding hydrogens is 466 g/mol. The maximum Gasteiger partial charge on any atom is 0.433 e.